The SMILES string of the molecule is CC[C@H](C)[C@H](NC(=O)C[C@H](N)C(Cc1ccccc1)NC(=O)[C@@H](NC(=O)[C@H](CC(C)C)NC(=O)CC(C)C)C(C)C)C(=O)NCc1ccccc1. The summed E-state index contributed by atoms with van der Waals surface area (Å²) in [7, 11) is 0. The Balaban J connectivity index is 2.21. The summed E-state index contributed by atoms with van der Waals surface area (Å²) in [6.45, 7) is 15.7. The van der Waals surface area contributed by atoms with Crippen LogP contribution in [0.3, 0.4) is 0 Å². The Kier molecular flexibility index (Phi) is 18.4. The van der Waals surface area contributed by atoms with Crippen molar-refractivity contribution in [2.75, 3.05) is 0 Å². The number of carbonyl (C=O) groups excluding carboxylic acids is 5. The van der Waals surface area contributed by atoms with Crippen LogP contribution in [0.15, 0.2) is 60.7 Å². The first-order valence-corrected chi connectivity index (χ1v) is 18.4. The van der Waals surface area contributed by atoms with Crippen molar-refractivity contribution in [2.45, 2.75) is 124 Å². The molecule has 0 saturated carbocycles. The zero-order chi connectivity index (χ0) is 38.1. The highest BCUT2D eigenvalue weighted by atomic mass is 16.2. The predicted octanol–water partition coefficient (Wildman–Crippen LogP) is 4.00. The summed E-state index contributed by atoms with van der Waals surface area (Å²) >= 11 is 0. The molecule has 51 heavy (non-hydrogen) atoms. The van der Waals surface area contributed by atoms with Crippen LogP contribution in [0.2, 0.25) is 0 Å². The summed E-state index contributed by atoms with van der Waals surface area (Å²) in [5.41, 5.74) is 8.53. The van der Waals surface area contributed by atoms with Crippen LogP contribution in [0, 0.1) is 23.7 Å². The minimum atomic E-state index is -0.920. The Bertz CT molecular complexity index is 1380. The van der Waals surface area contributed by atoms with Gasteiger partial charge in [-0.2, -0.15) is 0 Å². The minimum Gasteiger partial charge on any atom is -0.350 e. The standard InChI is InChI=1S/C40H62N6O5/c1-9-28(8)37(39(50)42-24-30-18-14-11-15-19-30)45-35(48)23-31(41)32(22-29-16-12-10-13-17-29)44-40(51)36(27(6)7)46-38(49)33(20-25(2)3)43-34(47)21-26(4)5/h10-19,25-28,31-33,36-37H,9,20-24,41H2,1-8H3,(H,42,50)(H,43,47)(H,44,51)(H,45,48)(H,46,49)/t28-,31-,32?,33-,36-,37-/m0/s1. The predicted molar refractivity (Wildman–Crippen MR) is 202 cm³/mol. The van der Waals surface area contributed by atoms with E-state index in [1.54, 1.807) is 0 Å². The van der Waals surface area contributed by atoms with Gasteiger partial charge in [0.2, 0.25) is 29.5 Å². The van der Waals surface area contributed by atoms with Crippen LogP contribution >= 0.6 is 0 Å². The molecule has 2 rings (SSSR count). The second-order valence-corrected chi connectivity index (χ2v) is 14.9. The Morgan fingerprint density at radius 2 is 1.20 bits per heavy atom. The number of amides is 5. The fraction of sp³-hybridized carbons (Fsp3) is 0.575. The van der Waals surface area contributed by atoms with Crippen molar-refractivity contribution in [3.8, 4) is 0 Å². The van der Waals surface area contributed by atoms with E-state index in [0.717, 1.165) is 11.1 Å². The molecule has 0 aromatic heterocycles. The Hall–Kier alpha value is -4.25. The molecule has 5 amide bonds. The van der Waals surface area contributed by atoms with Crippen LogP contribution in [0.5, 0.6) is 0 Å². The van der Waals surface area contributed by atoms with E-state index in [2.05, 4.69) is 26.6 Å². The summed E-state index contributed by atoms with van der Waals surface area (Å²) in [4.78, 5) is 66.7. The van der Waals surface area contributed by atoms with Gasteiger partial charge in [0.1, 0.15) is 18.1 Å². The van der Waals surface area contributed by atoms with Gasteiger partial charge in [0, 0.05) is 31.5 Å². The maximum Gasteiger partial charge on any atom is 0.243 e. The molecule has 11 nitrogen and oxygen atoms in total. The Morgan fingerprint density at radius 1 is 0.627 bits per heavy atom. The van der Waals surface area contributed by atoms with Crippen LogP contribution in [0.4, 0.5) is 0 Å². The minimum absolute atomic E-state index is 0.126. The molecule has 7 N–H and O–H groups in total. The quantitative estimate of drug-likeness (QED) is 0.115. The summed E-state index contributed by atoms with van der Waals surface area (Å²) in [6, 6.07) is 15.1. The van der Waals surface area contributed by atoms with Crippen LogP contribution in [-0.4, -0.2) is 59.7 Å². The molecule has 0 aliphatic carbocycles. The zero-order valence-electron chi connectivity index (χ0n) is 31.8. The van der Waals surface area contributed by atoms with Crippen molar-refractivity contribution in [1.29, 1.82) is 0 Å². The van der Waals surface area contributed by atoms with E-state index in [-0.39, 0.29) is 41.9 Å². The van der Waals surface area contributed by atoms with Gasteiger partial charge in [-0.15, -0.1) is 0 Å². The average molecular weight is 707 g/mol. The van der Waals surface area contributed by atoms with Gasteiger partial charge >= 0.3 is 0 Å². The van der Waals surface area contributed by atoms with Gasteiger partial charge in [-0.3, -0.25) is 24.0 Å². The van der Waals surface area contributed by atoms with Crippen molar-refractivity contribution >= 4 is 29.5 Å². The molecular formula is C40H62N6O5. The summed E-state index contributed by atoms with van der Waals surface area (Å²) in [5.74, 6) is -1.94. The molecule has 282 valence electrons. The molecule has 0 heterocycles. The van der Waals surface area contributed by atoms with E-state index < -0.39 is 47.9 Å². The van der Waals surface area contributed by atoms with Crippen molar-refractivity contribution in [3.63, 3.8) is 0 Å². The first kappa shape index (κ1) is 42.9. The molecule has 2 aromatic rings. The lowest BCUT2D eigenvalue weighted by Gasteiger charge is -2.31. The van der Waals surface area contributed by atoms with Gasteiger partial charge in [0.05, 0.1) is 0 Å². The van der Waals surface area contributed by atoms with Gasteiger partial charge in [0.25, 0.3) is 0 Å². The van der Waals surface area contributed by atoms with E-state index in [1.807, 2.05) is 116 Å². The lowest BCUT2D eigenvalue weighted by atomic mass is 9.94. The van der Waals surface area contributed by atoms with Crippen molar-refractivity contribution in [3.05, 3.63) is 71.8 Å². The summed E-state index contributed by atoms with van der Waals surface area (Å²) in [5, 5.41) is 14.6. The fourth-order valence-electron chi connectivity index (χ4n) is 5.75. The Morgan fingerprint density at radius 3 is 1.73 bits per heavy atom. The lowest BCUT2D eigenvalue weighted by molar-refractivity contribution is -0.133. The topological polar surface area (TPSA) is 172 Å². The maximum atomic E-state index is 13.9. The normalized spacial score (nSPS) is 14.9. The van der Waals surface area contributed by atoms with E-state index >= 15 is 0 Å². The van der Waals surface area contributed by atoms with E-state index in [9.17, 15) is 24.0 Å². The van der Waals surface area contributed by atoms with Gasteiger partial charge in [-0.1, -0.05) is 122 Å². The molecule has 0 aliphatic rings. The number of benzene rings is 2. The summed E-state index contributed by atoms with van der Waals surface area (Å²) < 4.78 is 0. The van der Waals surface area contributed by atoms with Crippen molar-refractivity contribution < 1.29 is 24.0 Å². The molecule has 0 bridgehead atoms. The second-order valence-electron chi connectivity index (χ2n) is 14.9. The number of nitrogens with two attached hydrogens (primary N) is 1. The second kappa shape index (κ2) is 21.9. The molecule has 0 saturated heterocycles. The highest BCUT2D eigenvalue weighted by molar-refractivity contribution is 5.92. The number of hydrogen-bond acceptors (Lipinski definition) is 6. The zero-order valence-corrected chi connectivity index (χ0v) is 31.8. The first-order chi connectivity index (χ1) is 24.1. The third-order valence-corrected chi connectivity index (χ3v) is 8.88. The molecule has 0 aliphatic heterocycles. The number of nitrogens with one attached hydrogen (secondary N) is 5. The van der Waals surface area contributed by atoms with Crippen LogP contribution in [0.1, 0.15) is 92.2 Å². The molecule has 11 heteroatoms. The number of carbonyl (C=O) groups is 5. The largest absolute Gasteiger partial charge is 0.350 e. The van der Waals surface area contributed by atoms with Crippen LogP contribution < -0.4 is 32.3 Å². The molecule has 2 aromatic carbocycles. The molecule has 0 radical (unpaired) electrons. The van der Waals surface area contributed by atoms with E-state index in [4.69, 9.17) is 5.73 Å². The third kappa shape index (κ3) is 15.7. The monoisotopic (exact) mass is 706 g/mol. The van der Waals surface area contributed by atoms with Crippen LogP contribution in [-0.2, 0) is 36.9 Å². The molecule has 0 fully saturated rings. The fourth-order valence-corrected chi connectivity index (χ4v) is 5.75. The highest BCUT2D eigenvalue weighted by Gasteiger charge is 2.33. The van der Waals surface area contributed by atoms with Gasteiger partial charge < -0.3 is 32.3 Å². The molecular weight excluding hydrogens is 644 g/mol. The first-order valence-electron chi connectivity index (χ1n) is 18.4. The highest BCUT2D eigenvalue weighted by Crippen LogP contribution is 2.14. The third-order valence-electron chi connectivity index (χ3n) is 8.88. The van der Waals surface area contributed by atoms with Gasteiger partial charge in [0.15, 0.2) is 0 Å². The Labute approximate surface area is 305 Å². The lowest BCUT2D eigenvalue weighted by Crippen LogP contribution is -2.59. The van der Waals surface area contributed by atoms with Crippen molar-refractivity contribution in [1.82, 2.24) is 26.6 Å². The van der Waals surface area contributed by atoms with Crippen LogP contribution in [0.25, 0.3) is 0 Å². The van der Waals surface area contributed by atoms with Gasteiger partial charge in [-0.25, -0.2) is 0 Å². The maximum absolute atomic E-state index is 13.9. The smallest absolute Gasteiger partial charge is 0.243 e. The van der Waals surface area contributed by atoms with Crippen molar-refractivity contribution in [2.24, 2.45) is 29.4 Å². The van der Waals surface area contributed by atoms with E-state index in [0.29, 0.717) is 32.2 Å². The molecule has 6 atom stereocenters. The number of rotatable bonds is 21. The molecule has 1 unspecified atom stereocenters. The number of hydrogen-bond donors (Lipinski definition) is 6. The summed E-state index contributed by atoms with van der Waals surface area (Å²) in [6.07, 6.45) is 1.57. The van der Waals surface area contributed by atoms with Gasteiger partial charge in [-0.05, 0) is 47.6 Å². The van der Waals surface area contributed by atoms with E-state index in [1.165, 1.54) is 0 Å². The average Bonchev–Trinajstić information content (AvgIpc) is 3.07. The molecule has 0 spiro atoms.